The number of ether oxygens (including phenoxy) is 1. The molecule has 0 unspecified atom stereocenters. The molecule has 1 atom stereocenters. The average Bonchev–Trinajstić information content (AvgIpc) is 2.83. The zero-order chi connectivity index (χ0) is 16.4. The minimum Gasteiger partial charge on any atom is -0.548 e. The van der Waals surface area contributed by atoms with Crippen LogP contribution in [0, 0.1) is 0 Å². The third kappa shape index (κ3) is 3.40. The molecule has 1 aliphatic heterocycles. The molecular weight excluding hydrogens is 282 g/mol. The van der Waals surface area contributed by atoms with Crippen molar-refractivity contribution < 1.29 is 19.4 Å². The molecule has 1 fully saturated rings. The second kappa shape index (κ2) is 5.99. The Labute approximate surface area is 130 Å². The number of carboxylic acids is 1. The van der Waals surface area contributed by atoms with Crippen LogP contribution in [0.3, 0.4) is 0 Å². The number of benzene rings is 1. The van der Waals surface area contributed by atoms with Crippen molar-refractivity contribution in [1.82, 2.24) is 4.90 Å². The van der Waals surface area contributed by atoms with Gasteiger partial charge in [-0.2, -0.15) is 0 Å². The summed E-state index contributed by atoms with van der Waals surface area (Å²) in [5.74, 6) is -1.22. The molecule has 2 rings (SSSR count). The summed E-state index contributed by atoms with van der Waals surface area (Å²) in [6, 6.07) is 9.29. The topological polar surface area (TPSA) is 69.7 Å². The van der Waals surface area contributed by atoms with Crippen LogP contribution in [-0.2, 0) is 16.0 Å². The number of aliphatic carboxylic acids is 1. The second-order valence-corrected chi connectivity index (χ2v) is 6.72. The first-order valence-electron chi connectivity index (χ1n) is 7.51. The van der Waals surface area contributed by atoms with Gasteiger partial charge in [-0.05, 0) is 39.2 Å². The number of likely N-dealkylation sites (tertiary alicyclic amines) is 1. The molecule has 0 N–H and O–H groups in total. The molecule has 1 aromatic carbocycles. The molecule has 0 bridgehead atoms. The highest BCUT2D eigenvalue weighted by molar-refractivity contribution is 5.84. The lowest BCUT2D eigenvalue weighted by Crippen LogP contribution is -2.60. The van der Waals surface area contributed by atoms with Gasteiger partial charge < -0.3 is 14.6 Å². The molecule has 0 radical (unpaired) electrons. The van der Waals surface area contributed by atoms with E-state index in [-0.39, 0.29) is 6.42 Å². The maximum absolute atomic E-state index is 12.4. The Bertz CT molecular complexity index is 550. The fourth-order valence-corrected chi connectivity index (χ4v) is 2.86. The van der Waals surface area contributed by atoms with Gasteiger partial charge in [-0.3, -0.25) is 4.90 Å². The number of hydrogen-bond acceptors (Lipinski definition) is 4. The third-order valence-corrected chi connectivity index (χ3v) is 3.82. The predicted molar refractivity (Wildman–Crippen MR) is 80.1 cm³/mol. The van der Waals surface area contributed by atoms with Crippen LogP contribution < -0.4 is 5.11 Å². The number of rotatable bonds is 3. The Morgan fingerprint density at radius 1 is 1.27 bits per heavy atom. The van der Waals surface area contributed by atoms with Crippen molar-refractivity contribution in [3.8, 4) is 0 Å². The molecule has 1 aromatic rings. The number of hydrogen-bond donors (Lipinski definition) is 0. The Balaban J connectivity index is 2.28. The summed E-state index contributed by atoms with van der Waals surface area (Å²) in [6.07, 6.45) is 0.643. The van der Waals surface area contributed by atoms with Gasteiger partial charge in [0.05, 0.1) is 11.5 Å². The molecule has 0 aliphatic carbocycles. The zero-order valence-electron chi connectivity index (χ0n) is 13.3. The van der Waals surface area contributed by atoms with Gasteiger partial charge in [0.2, 0.25) is 0 Å². The van der Waals surface area contributed by atoms with Gasteiger partial charge >= 0.3 is 6.09 Å². The average molecular weight is 304 g/mol. The number of amides is 1. The maximum atomic E-state index is 12.4. The SMILES string of the molecule is CC(C)(C)OC(=O)N1CCC[C@]1(Cc1ccccc1)C(=O)[O-]. The van der Waals surface area contributed by atoms with E-state index in [9.17, 15) is 14.7 Å². The fraction of sp³-hybridized carbons (Fsp3) is 0.529. The molecule has 0 saturated carbocycles. The summed E-state index contributed by atoms with van der Waals surface area (Å²) >= 11 is 0. The second-order valence-electron chi connectivity index (χ2n) is 6.72. The Morgan fingerprint density at radius 2 is 1.91 bits per heavy atom. The van der Waals surface area contributed by atoms with Crippen molar-refractivity contribution in [1.29, 1.82) is 0 Å². The van der Waals surface area contributed by atoms with Crippen molar-refractivity contribution in [2.45, 2.75) is 51.2 Å². The van der Waals surface area contributed by atoms with Crippen LogP contribution in [0.4, 0.5) is 4.79 Å². The lowest BCUT2D eigenvalue weighted by molar-refractivity contribution is -0.317. The van der Waals surface area contributed by atoms with E-state index in [2.05, 4.69) is 0 Å². The first-order chi connectivity index (χ1) is 10.2. The van der Waals surface area contributed by atoms with Crippen molar-refractivity contribution in [2.75, 3.05) is 6.54 Å². The molecule has 120 valence electrons. The van der Waals surface area contributed by atoms with Gasteiger partial charge in [0.15, 0.2) is 0 Å². The summed E-state index contributed by atoms with van der Waals surface area (Å²) in [5.41, 5.74) is -1.13. The van der Waals surface area contributed by atoms with E-state index in [0.29, 0.717) is 19.4 Å². The molecule has 0 spiro atoms. The van der Waals surface area contributed by atoms with Crippen LogP contribution in [0.1, 0.15) is 39.2 Å². The van der Waals surface area contributed by atoms with E-state index >= 15 is 0 Å². The Kier molecular flexibility index (Phi) is 4.44. The van der Waals surface area contributed by atoms with Gasteiger partial charge in [0, 0.05) is 13.0 Å². The molecule has 5 heteroatoms. The molecule has 22 heavy (non-hydrogen) atoms. The van der Waals surface area contributed by atoms with Crippen LogP contribution in [0.5, 0.6) is 0 Å². The first-order valence-corrected chi connectivity index (χ1v) is 7.51. The number of carboxylic acid groups (broad SMARTS) is 1. The van der Waals surface area contributed by atoms with Crippen LogP contribution in [-0.4, -0.2) is 34.6 Å². The van der Waals surface area contributed by atoms with Crippen molar-refractivity contribution in [2.24, 2.45) is 0 Å². The number of nitrogens with zero attached hydrogens (tertiary/aromatic N) is 1. The summed E-state index contributed by atoms with van der Waals surface area (Å²) in [4.78, 5) is 25.6. The lowest BCUT2D eigenvalue weighted by atomic mass is 9.88. The minimum atomic E-state index is -1.33. The van der Waals surface area contributed by atoms with Crippen molar-refractivity contribution in [3.63, 3.8) is 0 Å². The number of carbonyl (C=O) groups excluding carboxylic acids is 2. The zero-order valence-corrected chi connectivity index (χ0v) is 13.3. The molecule has 5 nitrogen and oxygen atoms in total. The first kappa shape index (κ1) is 16.3. The van der Waals surface area contributed by atoms with Crippen LogP contribution >= 0.6 is 0 Å². The monoisotopic (exact) mass is 304 g/mol. The third-order valence-electron chi connectivity index (χ3n) is 3.82. The summed E-state index contributed by atoms with van der Waals surface area (Å²) < 4.78 is 5.36. The molecule has 1 aliphatic rings. The molecular formula is C17H22NO4-. The Hall–Kier alpha value is -2.04. The van der Waals surface area contributed by atoms with E-state index in [1.807, 2.05) is 30.3 Å². The highest BCUT2D eigenvalue weighted by Gasteiger charge is 2.46. The van der Waals surface area contributed by atoms with E-state index in [1.165, 1.54) is 4.90 Å². The number of carbonyl (C=O) groups is 2. The lowest BCUT2D eigenvalue weighted by Gasteiger charge is -2.40. The van der Waals surface area contributed by atoms with Gasteiger partial charge in [0.1, 0.15) is 5.60 Å². The van der Waals surface area contributed by atoms with E-state index in [1.54, 1.807) is 20.8 Å². The predicted octanol–water partition coefficient (Wildman–Crippen LogP) is 1.75. The van der Waals surface area contributed by atoms with E-state index in [4.69, 9.17) is 4.74 Å². The van der Waals surface area contributed by atoms with Crippen LogP contribution in [0.2, 0.25) is 0 Å². The van der Waals surface area contributed by atoms with Crippen LogP contribution in [0.25, 0.3) is 0 Å². The summed E-state index contributed by atoms with van der Waals surface area (Å²) in [5, 5.41) is 11.8. The van der Waals surface area contributed by atoms with Crippen molar-refractivity contribution >= 4 is 12.1 Å². The van der Waals surface area contributed by atoms with Crippen molar-refractivity contribution in [3.05, 3.63) is 35.9 Å². The smallest absolute Gasteiger partial charge is 0.411 e. The highest BCUT2D eigenvalue weighted by atomic mass is 16.6. The Morgan fingerprint density at radius 3 is 2.45 bits per heavy atom. The molecule has 1 amide bonds. The largest absolute Gasteiger partial charge is 0.548 e. The summed E-state index contributed by atoms with van der Waals surface area (Å²) in [7, 11) is 0. The van der Waals surface area contributed by atoms with Gasteiger partial charge in [0.25, 0.3) is 0 Å². The molecule has 0 aromatic heterocycles. The molecule has 1 heterocycles. The minimum absolute atomic E-state index is 0.232. The highest BCUT2D eigenvalue weighted by Crippen LogP contribution is 2.34. The quantitative estimate of drug-likeness (QED) is 0.853. The van der Waals surface area contributed by atoms with Crippen LogP contribution in [0.15, 0.2) is 30.3 Å². The van der Waals surface area contributed by atoms with Gasteiger partial charge in [-0.25, -0.2) is 4.79 Å². The van der Waals surface area contributed by atoms with E-state index < -0.39 is 23.2 Å². The summed E-state index contributed by atoms with van der Waals surface area (Å²) in [6.45, 7) is 5.66. The maximum Gasteiger partial charge on any atom is 0.411 e. The normalized spacial score (nSPS) is 21.7. The molecule has 1 saturated heterocycles. The van der Waals surface area contributed by atoms with Gasteiger partial charge in [-0.1, -0.05) is 30.3 Å². The van der Waals surface area contributed by atoms with E-state index in [0.717, 1.165) is 5.56 Å². The standard InChI is InChI=1S/C17H23NO4/c1-16(2,3)22-15(21)18-11-7-10-17(18,14(19)20)12-13-8-5-4-6-9-13/h4-6,8-9H,7,10-12H2,1-3H3,(H,19,20)/p-1/t17-/m0/s1. The fourth-order valence-electron chi connectivity index (χ4n) is 2.86. The van der Waals surface area contributed by atoms with Gasteiger partial charge in [-0.15, -0.1) is 0 Å².